The molecule has 2 nitrogen and oxygen atoms in total. The van der Waals surface area contributed by atoms with Crippen LogP contribution >= 0.6 is 31.9 Å². The van der Waals surface area contributed by atoms with Crippen molar-refractivity contribution in [2.24, 2.45) is 0 Å². The van der Waals surface area contributed by atoms with Crippen molar-refractivity contribution in [3.05, 3.63) is 28.2 Å². The van der Waals surface area contributed by atoms with Gasteiger partial charge < -0.3 is 4.74 Å². The minimum Gasteiger partial charge on any atom is -0.496 e. The standard InChI is InChI=1S/C11H12Br2O2/c1-7(14)9(12)5-8-3-4-11(15-2)10(13)6-8/h3-4,6,9H,5H2,1-2H3. The molecule has 0 amide bonds. The molecule has 4 heteroatoms. The fourth-order valence-electron chi connectivity index (χ4n) is 1.19. The minimum absolute atomic E-state index is 0.113. The van der Waals surface area contributed by atoms with Gasteiger partial charge in [0.25, 0.3) is 0 Å². The molecule has 0 N–H and O–H groups in total. The first-order valence-electron chi connectivity index (χ1n) is 4.51. The molecule has 0 fully saturated rings. The molecule has 0 radical (unpaired) electrons. The Morgan fingerprint density at radius 1 is 1.53 bits per heavy atom. The van der Waals surface area contributed by atoms with Crippen molar-refractivity contribution in [1.82, 2.24) is 0 Å². The zero-order chi connectivity index (χ0) is 11.4. The van der Waals surface area contributed by atoms with E-state index in [1.54, 1.807) is 14.0 Å². The van der Waals surface area contributed by atoms with Gasteiger partial charge >= 0.3 is 0 Å². The molecule has 0 bridgehead atoms. The first kappa shape index (κ1) is 12.7. The average molecular weight is 336 g/mol. The second-order valence-electron chi connectivity index (χ2n) is 3.25. The number of carbonyl (C=O) groups is 1. The quantitative estimate of drug-likeness (QED) is 0.789. The summed E-state index contributed by atoms with van der Waals surface area (Å²) in [5.41, 5.74) is 1.10. The zero-order valence-electron chi connectivity index (χ0n) is 8.59. The van der Waals surface area contributed by atoms with Gasteiger partial charge in [-0.2, -0.15) is 0 Å². The molecule has 1 atom stereocenters. The minimum atomic E-state index is -0.113. The maximum Gasteiger partial charge on any atom is 0.143 e. The molecule has 0 saturated heterocycles. The van der Waals surface area contributed by atoms with E-state index in [9.17, 15) is 4.79 Å². The maximum atomic E-state index is 11.1. The number of carbonyl (C=O) groups excluding carboxylic acids is 1. The van der Waals surface area contributed by atoms with Crippen LogP contribution in [0.2, 0.25) is 0 Å². The normalized spacial score (nSPS) is 12.3. The monoisotopic (exact) mass is 334 g/mol. The molecule has 15 heavy (non-hydrogen) atoms. The van der Waals surface area contributed by atoms with Crippen LogP contribution in [0, 0.1) is 0 Å². The molecular formula is C11H12Br2O2. The van der Waals surface area contributed by atoms with E-state index in [0.717, 1.165) is 15.8 Å². The Morgan fingerprint density at radius 2 is 2.20 bits per heavy atom. The fourth-order valence-corrected chi connectivity index (χ4v) is 2.15. The van der Waals surface area contributed by atoms with E-state index < -0.39 is 0 Å². The second-order valence-corrected chi connectivity index (χ2v) is 5.21. The van der Waals surface area contributed by atoms with Gasteiger partial charge in [-0.3, -0.25) is 4.79 Å². The number of ether oxygens (including phenoxy) is 1. The van der Waals surface area contributed by atoms with Crippen molar-refractivity contribution in [2.75, 3.05) is 7.11 Å². The molecule has 1 aromatic carbocycles. The summed E-state index contributed by atoms with van der Waals surface area (Å²) in [7, 11) is 1.63. The fraction of sp³-hybridized carbons (Fsp3) is 0.364. The van der Waals surface area contributed by atoms with E-state index in [1.165, 1.54) is 0 Å². The highest BCUT2D eigenvalue weighted by Gasteiger charge is 2.11. The van der Waals surface area contributed by atoms with Gasteiger partial charge in [0.05, 0.1) is 16.4 Å². The van der Waals surface area contributed by atoms with Crippen LogP contribution in [0.25, 0.3) is 0 Å². The molecule has 0 saturated carbocycles. The van der Waals surface area contributed by atoms with Gasteiger partial charge in [0.2, 0.25) is 0 Å². The van der Waals surface area contributed by atoms with E-state index in [4.69, 9.17) is 4.74 Å². The van der Waals surface area contributed by atoms with Crippen LogP contribution in [0.5, 0.6) is 5.75 Å². The van der Waals surface area contributed by atoms with E-state index in [1.807, 2.05) is 18.2 Å². The summed E-state index contributed by atoms with van der Waals surface area (Å²) in [5.74, 6) is 0.939. The van der Waals surface area contributed by atoms with Gasteiger partial charge in [-0.15, -0.1) is 0 Å². The number of alkyl halides is 1. The Morgan fingerprint density at radius 3 is 2.67 bits per heavy atom. The highest BCUT2D eigenvalue weighted by atomic mass is 79.9. The van der Waals surface area contributed by atoms with Crippen molar-refractivity contribution >= 4 is 37.6 Å². The van der Waals surface area contributed by atoms with E-state index in [2.05, 4.69) is 31.9 Å². The number of benzene rings is 1. The predicted octanol–water partition coefficient (Wildman–Crippen LogP) is 3.35. The van der Waals surface area contributed by atoms with Crippen LogP contribution in [0.3, 0.4) is 0 Å². The van der Waals surface area contributed by atoms with Crippen molar-refractivity contribution < 1.29 is 9.53 Å². The predicted molar refractivity (Wildman–Crippen MR) is 67.8 cm³/mol. The second kappa shape index (κ2) is 5.66. The lowest BCUT2D eigenvalue weighted by Crippen LogP contribution is -2.12. The summed E-state index contributed by atoms with van der Waals surface area (Å²) in [6.45, 7) is 1.58. The highest BCUT2D eigenvalue weighted by Crippen LogP contribution is 2.26. The molecule has 0 spiro atoms. The number of ketones is 1. The molecule has 0 aromatic heterocycles. The van der Waals surface area contributed by atoms with E-state index in [-0.39, 0.29) is 10.6 Å². The van der Waals surface area contributed by atoms with Crippen LogP contribution in [0.4, 0.5) is 0 Å². The summed E-state index contributed by atoms with van der Waals surface area (Å²) in [5, 5.41) is 0. The molecular weight excluding hydrogens is 324 g/mol. The van der Waals surface area contributed by atoms with Crippen LogP contribution in [0.1, 0.15) is 12.5 Å². The van der Waals surface area contributed by atoms with Gasteiger partial charge in [-0.05, 0) is 47.0 Å². The smallest absolute Gasteiger partial charge is 0.143 e. The van der Waals surface area contributed by atoms with Gasteiger partial charge in [-0.25, -0.2) is 0 Å². The summed E-state index contributed by atoms with van der Waals surface area (Å²) in [6, 6.07) is 5.82. The largest absolute Gasteiger partial charge is 0.496 e. The Balaban J connectivity index is 2.79. The Bertz CT molecular complexity index is 364. The Kier molecular flexibility index (Phi) is 4.80. The average Bonchev–Trinajstić information content (AvgIpc) is 2.18. The summed E-state index contributed by atoms with van der Waals surface area (Å²) >= 11 is 6.75. The van der Waals surface area contributed by atoms with Crippen molar-refractivity contribution in [1.29, 1.82) is 0 Å². The Hall–Kier alpha value is -0.350. The van der Waals surface area contributed by atoms with Gasteiger partial charge in [0, 0.05) is 0 Å². The molecule has 1 unspecified atom stereocenters. The van der Waals surface area contributed by atoms with E-state index in [0.29, 0.717) is 6.42 Å². The van der Waals surface area contributed by atoms with Crippen molar-refractivity contribution in [3.63, 3.8) is 0 Å². The molecule has 1 aromatic rings. The first-order chi connectivity index (χ1) is 7.04. The zero-order valence-corrected chi connectivity index (χ0v) is 11.8. The number of halogens is 2. The summed E-state index contributed by atoms with van der Waals surface area (Å²) in [6.07, 6.45) is 0.692. The SMILES string of the molecule is COc1ccc(CC(Br)C(C)=O)cc1Br. The number of hydrogen-bond acceptors (Lipinski definition) is 2. The first-order valence-corrected chi connectivity index (χ1v) is 6.22. The number of hydrogen-bond donors (Lipinski definition) is 0. The lowest BCUT2D eigenvalue weighted by Gasteiger charge is -2.08. The summed E-state index contributed by atoms with van der Waals surface area (Å²) in [4.78, 5) is 11.0. The number of methoxy groups -OCH3 is 1. The van der Waals surface area contributed by atoms with Gasteiger partial charge in [0.1, 0.15) is 11.5 Å². The van der Waals surface area contributed by atoms with Crippen molar-refractivity contribution in [2.45, 2.75) is 18.2 Å². The lowest BCUT2D eigenvalue weighted by molar-refractivity contribution is -0.116. The third-order valence-corrected chi connectivity index (χ3v) is 3.66. The number of Topliss-reactive ketones (excluding diaryl/α,β-unsaturated/α-hetero) is 1. The van der Waals surface area contributed by atoms with Crippen LogP contribution in [-0.4, -0.2) is 17.7 Å². The molecule has 0 aliphatic heterocycles. The molecule has 0 heterocycles. The van der Waals surface area contributed by atoms with E-state index >= 15 is 0 Å². The van der Waals surface area contributed by atoms with Crippen LogP contribution in [-0.2, 0) is 11.2 Å². The topological polar surface area (TPSA) is 26.3 Å². The maximum absolute atomic E-state index is 11.1. The van der Waals surface area contributed by atoms with Gasteiger partial charge in [0.15, 0.2) is 0 Å². The lowest BCUT2D eigenvalue weighted by atomic mass is 10.1. The van der Waals surface area contributed by atoms with Crippen LogP contribution < -0.4 is 4.74 Å². The molecule has 82 valence electrons. The Labute approximate surface area is 106 Å². The third kappa shape index (κ3) is 3.61. The molecule has 1 rings (SSSR count). The summed E-state index contributed by atoms with van der Waals surface area (Å²) < 4.78 is 6.03. The van der Waals surface area contributed by atoms with Crippen molar-refractivity contribution in [3.8, 4) is 5.75 Å². The number of rotatable bonds is 4. The molecule has 0 aliphatic carbocycles. The van der Waals surface area contributed by atoms with Gasteiger partial charge in [-0.1, -0.05) is 22.0 Å². The van der Waals surface area contributed by atoms with Crippen LogP contribution in [0.15, 0.2) is 22.7 Å². The highest BCUT2D eigenvalue weighted by molar-refractivity contribution is 9.10. The molecule has 0 aliphatic rings. The third-order valence-electron chi connectivity index (χ3n) is 2.07.